The number of hydrogen-bond donors (Lipinski definition) is 1. The number of carbonyl (C=O) groups excluding carboxylic acids is 3. The number of esters is 1. The molecule has 3 aromatic carbocycles. The van der Waals surface area contributed by atoms with Crippen LogP contribution in [0, 0.1) is 0 Å². The lowest BCUT2D eigenvalue weighted by molar-refractivity contribution is -0.134. The smallest absolute Gasteiger partial charge is 0.311 e. The molecule has 0 unspecified atom stereocenters. The molecule has 1 N–H and O–H groups in total. The van der Waals surface area contributed by atoms with E-state index in [1.54, 1.807) is 72.8 Å². The Morgan fingerprint density at radius 2 is 1.53 bits per heavy atom. The Morgan fingerprint density at radius 3 is 2.20 bits per heavy atom. The van der Waals surface area contributed by atoms with E-state index in [-0.39, 0.29) is 24.5 Å². The van der Waals surface area contributed by atoms with Crippen molar-refractivity contribution in [1.29, 1.82) is 0 Å². The standard InChI is InChI=1S/C23H17BrClNO4/c24-16-7-5-15(6-8-16)21(27)13-14-22(28)30-18-11-9-17(10-12-18)26-23(29)19-3-1-2-4-20(19)25/h1-12H,13-14H2,(H,26,29). The topological polar surface area (TPSA) is 72.5 Å². The Hall–Kier alpha value is -2.96. The highest BCUT2D eigenvalue weighted by Crippen LogP contribution is 2.20. The summed E-state index contributed by atoms with van der Waals surface area (Å²) >= 11 is 9.33. The van der Waals surface area contributed by atoms with Gasteiger partial charge >= 0.3 is 5.97 Å². The first kappa shape index (κ1) is 21.7. The van der Waals surface area contributed by atoms with E-state index in [0.717, 1.165) is 4.47 Å². The third kappa shape index (κ3) is 6.02. The number of amides is 1. The molecule has 0 bridgehead atoms. The molecule has 5 nitrogen and oxygen atoms in total. The third-order valence-corrected chi connectivity index (χ3v) is 5.04. The molecule has 0 heterocycles. The fraction of sp³-hybridized carbons (Fsp3) is 0.0870. The Morgan fingerprint density at radius 1 is 0.867 bits per heavy atom. The Balaban J connectivity index is 1.50. The van der Waals surface area contributed by atoms with Crippen molar-refractivity contribution >= 4 is 50.9 Å². The van der Waals surface area contributed by atoms with E-state index >= 15 is 0 Å². The monoisotopic (exact) mass is 485 g/mol. The summed E-state index contributed by atoms with van der Waals surface area (Å²) in [6, 6.07) is 20.1. The van der Waals surface area contributed by atoms with Crippen molar-refractivity contribution in [3.05, 3.63) is 93.4 Å². The second kappa shape index (κ2) is 10.2. The number of carbonyl (C=O) groups is 3. The van der Waals surface area contributed by atoms with E-state index in [2.05, 4.69) is 21.2 Å². The second-order valence-electron chi connectivity index (χ2n) is 6.36. The first-order valence-corrected chi connectivity index (χ1v) is 10.2. The molecule has 0 fully saturated rings. The second-order valence-corrected chi connectivity index (χ2v) is 7.69. The summed E-state index contributed by atoms with van der Waals surface area (Å²) in [4.78, 5) is 36.4. The van der Waals surface area contributed by atoms with Crippen molar-refractivity contribution in [2.75, 3.05) is 5.32 Å². The van der Waals surface area contributed by atoms with E-state index in [0.29, 0.717) is 27.6 Å². The summed E-state index contributed by atoms with van der Waals surface area (Å²) < 4.78 is 6.13. The SMILES string of the molecule is O=C(CCC(=O)c1ccc(Br)cc1)Oc1ccc(NC(=O)c2ccccc2Cl)cc1. The molecular weight excluding hydrogens is 470 g/mol. The molecular formula is C23H17BrClNO4. The number of ether oxygens (including phenoxy) is 1. The molecule has 0 atom stereocenters. The lowest BCUT2D eigenvalue weighted by atomic mass is 10.1. The van der Waals surface area contributed by atoms with Crippen LogP contribution in [0.25, 0.3) is 0 Å². The molecule has 0 aliphatic heterocycles. The van der Waals surface area contributed by atoms with Crippen LogP contribution in [0.4, 0.5) is 5.69 Å². The first-order valence-electron chi connectivity index (χ1n) is 9.08. The van der Waals surface area contributed by atoms with Crippen molar-refractivity contribution < 1.29 is 19.1 Å². The van der Waals surface area contributed by atoms with Crippen LogP contribution in [-0.4, -0.2) is 17.7 Å². The van der Waals surface area contributed by atoms with Gasteiger partial charge in [0.25, 0.3) is 5.91 Å². The minimum Gasteiger partial charge on any atom is -0.427 e. The zero-order chi connectivity index (χ0) is 21.5. The maximum Gasteiger partial charge on any atom is 0.311 e. The predicted octanol–water partition coefficient (Wildman–Crippen LogP) is 5.92. The average Bonchev–Trinajstić information content (AvgIpc) is 2.74. The van der Waals surface area contributed by atoms with E-state index in [1.807, 2.05) is 0 Å². The summed E-state index contributed by atoms with van der Waals surface area (Å²) in [6.45, 7) is 0. The van der Waals surface area contributed by atoms with E-state index in [9.17, 15) is 14.4 Å². The first-order chi connectivity index (χ1) is 14.4. The molecule has 7 heteroatoms. The van der Waals surface area contributed by atoms with Crippen LogP contribution in [0.15, 0.2) is 77.3 Å². The highest BCUT2D eigenvalue weighted by atomic mass is 79.9. The number of nitrogens with one attached hydrogen (secondary N) is 1. The quantitative estimate of drug-likeness (QED) is 0.255. The summed E-state index contributed by atoms with van der Waals surface area (Å²) in [5.74, 6) is -0.644. The van der Waals surface area contributed by atoms with Crippen LogP contribution in [-0.2, 0) is 4.79 Å². The number of Topliss-reactive ketones (excluding diaryl/α,β-unsaturated/α-hetero) is 1. The fourth-order valence-corrected chi connectivity index (χ4v) is 3.11. The Labute approximate surface area is 187 Å². The van der Waals surface area contributed by atoms with Crippen molar-refractivity contribution in [1.82, 2.24) is 0 Å². The maximum absolute atomic E-state index is 12.3. The van der Waals surface area contributed by atoms with Crippen molar-refractivity contribution in [2.45, 2.75) is 12.8 Å². The highest BCUT2D eigenvalue weighted by molar-refractivity contribution is 9.10. The number of hydrogen-bond acceptors (Lipinski definition) is 4. The van der Waals surface area contributed by atoms with Crippen LogP contribution >= 0.6 is 27.5 Å². The number of rotatable bonds is 7. The molecule has 0 aliphatic rings. The number of halogens is 2. The molecule has 152 valence electrons. The number of ketones is 1. The van der Waals surface area contributed by atoms with Gasteiger partial charge in [0, 0.05) is 22.1 Å². The molecule has 30 heavy (non-hydrogen) atoms. The molecule has 0 saturated carbocycles. The normalized spacial score (nSPS) is 10.3. The van der Waals surface area contributed by atoms with Crippen molar-refractivity contribution in [3.63, 3.8) is 0 Å². The van der Waals surface area contributed by atoms with Gasteiger partial charge in [-0.1, -0.05) is 51.8 Å². The predicted molar refractivity (Wildman–Crippen MR) is 119 cm³/mol. The molecule has 1 amide bonds. The van der Waals surface area contributed by atoms with Gasteiger partial charge in [-0.3, -0.25) is 14.4 Å². The molecule has 0 saturated heterocycles. The van der Waals surface area contributed by atoms with Gasteiger partial charge < -0.3 is 10.1 Å². The third-order valence-electron chi connectivity index (χ3n) is 4.18. The lowest BCUT2D eigenvalue weighted by Gasteiger charge is -2.08. The molecule has 0 aliphatic carbocycles. The van der Waals surface area contributed by atoms with Crippen LogP contribution in [0.5, 0.6) is 5.75 Å². The summed E-state index contributed by atoms with van der Waals surface area (Å²) in [7, 11) is 0. The molecule has 0 radical (unpaired) electrons. The van der Waals surface area contributed by atoms with E-state index < -0.39 is 5.97 Å². The van der Waals surface area contributed by atoms with Gasteiger partial charge in [0.1, 0.15) is 5.75 Å². The largest absolute Gasteiger partial charge is 0.427 e. The number of benzene rings is 3. The molecule has 3 rings (SSSR count). The Kier molecular flexibility index (Phi) is 7.38. The van der Waals surface area contributed by atoms with Crippen molar-refractivity contribution in [3.8, 4) is 5.75 Å². The van der Waals surface area contributed by atoms with E-state index in [4.69, 9.17) is 16.3 Å². The summed E-state index contributed by atoms with van der Waals surface area (Å²) in [6.07, 6.45) is 0.0341. The van der Waals surface area contributed by atoms with Gasteiger partial charge in [0.2, 0.25) is 0 Å². The van der Waals surface area contributed by atoms with Crippen LogP contribution in [0.2, 0.25) is 5.02 Å². The van der Waals surface area contributed by atoms with Crippen molar-refractivity contribution in [2.24, 2.45) is 0 Å². The number of anilines is 1. The minimum absolute atomic E-state index is 0.0279. The lowest BCUT2D eigenvalue weighted by Crippen LogP contribution is -2.13. The van der Waals surface area contributed by atoms with Crippen LogP contribution < -0.4 is 10.1 Å². The van der Waals surface area contributed by atoms with Gasteiger partial charge in [0.15, 0.2) is 5.78 Å². The molecule has 0 aromatic heterocycles. The average molecular weight is 487 g/mol. The zero-order valence-electron chi connectivity index (χ0n) is 15.7. The van der Waals surface area contributed by atoms with Crippen LogP contribution in [0.3, 0.4) is 0 Å². The molecule has 3 aromatic rings. The van der Waals surface area contributed by atoms with Gasteiger partial charge in [0.05, 0.1) is 17.0 Å². The summed E-state index contributed by atoms with van der Waals surface area (Å²) in [5, 5.41) is 3.09. The van der Waals surface area contributed by atoms with Gasteiger partial charge in [-0.15, -0.1) is 0 Å². The molecule has 0 spiro atoms. The maximum atomic E-state index is 12.3. The van der Waals surface area contributed by atoms with Gasteiger partial charge in [-0.05, 0) is 48.5 Å². The van der Waals surface area contributed by atoms with Gasteiger partial charge in [-0.25, -0.2) is 0 Å². The fourth-order valence-electron chi connectivity index (χ4n) is 2.63. The van der Waals surface area contributed by atoms with E-state index in [1.165, 1.54) is 0 Å². The highest BCUT2D eigenvalue weighted by Gasteiger charge is 2.12. The minimum atomic E-state index is -0.506. The Bertz CT molecular complexity index is 1070. The summed E-state index contributed by atoms with van der Waals surface area (Å²) in [5.41, 5.74) is 1.44. The van der Waals surface area contributed by atoms with Crippen LogP contribution in [0.1, 0.15) is 33.6 Å². The van der Waals surface area contributed by atoms with Gasteiger partial charge in [-0.2, -0.15) is 0 Å². The zero-order valence-corrected chi connectivity index (χ0v) is 18.1.